The summed E-state index contributed by atoms with van der Waals surface area (Å²) in [7, 11) is 0. The molecule has 0 bridgehead atoms. The number of nitrogens with zero attached hydrogens (tertiary/aromatic N) is 1. The molecule has 1 fully saturated rings. The van der Waals surface area contributed by atoms with Crippen molar-refractivity contribution in [2.24, 2.45) is 0 Å². The van der Waals surface area contributed by atoms with Gasteiger partial charge in [-0.2, -0.15) is 0 Å². The van der Waals surface area contributed by atoms with Gasteiger partial charge in [0.15, 0.2) is 0 Å². The molecule has 2 N–H and O–H groups in total. The highest BCUT2D eigenvalue weighted by molar-refractivity contribution is 6.34. The van der Waals surface area contributed by atoms with Gasteiger partial charge in [-0.1, -0.05) is 35.9 Å². The van der Waals surface area contributed by atoms with E-state index in [0.717, 1.165) is 43.0 Å². The zero-order valence-electron chi connectivity index (χ0n) is 11.6. The molecular formula is C16H18Cl2N2O. The SMILES string of the molecule is Cl.Oc1ccccc1-c1c(Cl)cccc1N1CCNCC1. The van der Waals surface area contributed by atoms with Gasteiger partial charge in [-0.3, -0.25) is 0 Å². The predicted octanol–water partition coefficient (Wildman–Crippen LogP) is 3.54. The molecule has 0 aromatic heterocycles. The molecule has 0 aliphatic carbocycles. The molecule has 1 aliphatic heterocycles. The topological polar surface area (TPSA) is 35.5 Å². The van der Waals surface area contributed by atoms with Crippen molar-refractivity contribution in [2.75, 3.05) is 31.1 Å². The summed E-state index contributed by atoms with van der Waals surface area (Å²) in [5.74, 6) is 0.261. The first-order valence-corrected chi connectivity index (χ1v) is 7.18. The number of phenolic OH excluding ortho intramolecular Hbond substituents is 1. The standard InChI is InChI=1S/C16H17ClN2O.ClH/c17-13-5-3-6-14(19-10-8-18-9-11-19)16(13)12-4-1-2-7-15(12)20;/h1-7,18,20H,8-11H2;1H. The Balaban J connectivity index is 0.00000161. The molecule has 21 heavy (non-hydrogen) atoms. The molecule has 1 heterocycles. The maximum absolute atomic E-state index is 10.1. The van der Waals surface area contributed by atoms with Crippen LogP contribution in [0.15, 0.2) is 42.5 Å². The van der Waals surface area contributed by atoms with Crippen LogP contribution in [-0.2, 0) is 0 Å². The van der Waals surface area contributed by atoms with Crippen molar-refractivity contribution in [3.05, 3.63) is 47.5 Å². The number of hydrogen-bond acceptors (Lipinski definition) is 3. The van der Waals surface area contributed by atoms with Crippen LogP contribution in [-0.4, -0.2) is 31.3 Å². The number of halogens is 2. The van der Waals surface area contributed by atoms with E-state index in [1.54, 1.807) is 6.07 Å². The zero-order chi connectivity index (χ0) is 13.9. The number of piperazine rings is 1. The zero-order valence-corrected chi connectivity index (χ0v) is 13.1. The lowest BCUT2D eigenvalue weighted by Crippen LogP contribution is -2.43. The van der Waals surface area contributed by atoms with E-state index in [4.69, 9.17) is 11.6 Å². The molecule has 1 saturated heterocycles. The number of para-hydroxylation sites is 1. The summed E-state index contributed by atoms with van der Waals surface area (Å²) in [4.78, 5) is 2.31. The highest BCUT2D eigenvalue weighted by Crippen LogP contribution is 2.40. The molecule has 0 unspecified atom stereocenters. The molecule has 2 aromatic rings. The summed E-state index contributed by atoms with van der Waals surface area (Å²) in [5, 5.41) is 14.1. The predicted molar refractivity (Wildman–Crippen MR) is 90.9 cm³/mol. The number of anilines is 1. The van der Waals surface area contributed by atoms with Crippen molar-refractivity contribution in [1.82, 2.24) is 5.32 Å². The van der Waals surface area contributed by atoms with E-state index in [0.29, 0.717) is 5.02 Å². The molecule has 0 radical (unpaired) electrons. The van der Waals surface area contributed by atoms with Crippen LogP contribution in [0.1, 0.15) is 0 Å². The van der Waals surface area contributed by atoms with E-state index >= 15 is 0 Å². The average Bonchev–Trinajstić information content (AvgIpc) is 2.49. The summed E-state index contributed by atoms with van der Waals surface area (Å²) in [5.41, 5.74) is 2.78. The van der Waals surface area contributed by atoms with Crippen LogP contribution in [0, 0.1) is 0 Å². The van der Waals surface area contributed by atoms with E-state index < -0.39 is 0 Å². The minimum absolute atomic E-state index is 0. The molecule has 5 heteroatoms. The lowest BCUT2D eigenvalue weighted by molar-refractivity contribution is 0.477. The third kappa shape index (κ3) is 3.26. The quantitative estimate of drug-likeness (QED) is 0.886. The first-order valence-electron chi connectivity index (χ1n) is 6.80. The summed E-state index contributed by atoms with van der Waals surface area (Å²) in [6.45, 7) is 3.82. The Morgan fingerprint density at radius 3 is 2.43 bits per heavy atom. The van der Waals surface area contributed by atoms with Gasteiger partial charge in [0.2, 0.25) is 0 Å². The fraction of sp³-hybridized carbons (Fsp3) is 0.250. The Kier molecular flexibility index (Phi) is 5.34. The molecule has 0 spiro atoms. The monoisotopic (exact) mass is 324 g/mol. The lowest BCUT2D eigenvalue weighted by Gasteiger charge is -2.31. The van der Waals surface area contributed by atoms with Crippen LogP contribution in [0.3, 0.4) is 0 Å². The molecule has 0 saturated carbocycles. The number of nitrogens with one attached hydrogen (secondary N) is 1. The molecule has 2 aromatic carbocycles. The Morgan fingerprint density at radius 1 is 1.00 bits per heavy atom. The molecule has 1 aliphatic rings. The van der Waals surface area contributed by atoms with E-state index in [1.165, 1.54) is 0 Å². The summed E-state index contributed by atoms with van der Waals surface area (Å²) in [6, 6.07) is 13.2. The number of aromatic hydroxyl groups is 1. The van der Waals surface area contributed by atoms with Gasteiger partial charge in [0.05, 0.1) is 5.02 Å². The first-order chi connectivity index (χ1) is 9.77. The van der Waals surface area contributed by atoms with E-state index in [-0.39, 0.29) is 18.2 Å². The summed E-state index contributed by atoms with van der Waals surface area (Å²) < 4.78 is 0. The first kappa shape index (κ1) is 16.0. The van der Waals surface area contributed by atoms with E-state index in [2.05, 4.69) is 16.3 Å². The van der Waals surface area contributed by atoms with Gasteiger partial charge in [-0.05, 0) is 18.2 Å². The van der Waals surface area contributed by atoms with Crippen molar-refractivity contribution in [1.29, 1.82) is 0 Å². The number of phenols is 1. The fourth-order valence-electron chi connectivity index (χ4n) is 2.63. The Morgan fingerprint density at radius 2 is 1.71 bits per heavy atom. The molecule has 3 nitrogen and oxygen atoms in total. The molecule has 0 amide bonds. The molecule has 112 valence electrons. The number of hydrogen-bond donors (Lipinski definition) is 2. The van der Waals surface area contributed by atoms with Gasteiger partial charge in [-0.15, -0.1) is 12.4 Å². The minimum atomic E-state index is 0. The fourth-order valence-corrected chi connectivity index (χ4v) is 2.91. The Hall–Kier alpha value is -1.42. The highest BCUT2D eigenvalue weighted by Gasteiger charge is 2.18. The third-order valence-corrected chi connectivity index (χ3v) is 3.94. The highest BCUT2D eigenvalue weighted by atomic mass is 35.5. The van der Waals surface area contributed by atoms with Crippen LogP contribution in [0.25, 0.3) is 11.1 Å². The second kappa shape index (κ2) is 7.03. The molecule has 0 atom stereocenters. The molecule has 3 rings (SSSR count). The lowest BCUT2D eigenvalue weighted by atomic mass is 10.0. The largest absolute Gasteiger partial charge is 0.507 e. The van der Waals surface area contributed by atoms with Gasteiger partial charge in [-0.25, -0.2) is 0 Å². The van der Waals surface area contributed by atoms with Crippen LogP contribution < -0.4 is 10.2 Å². The summed E-state index contributed by atoms with van der Waals surface area (Å²) >= 11 is 6.40. The second-order valence-electron chi connectivity index (χ2n) is 4.89. The smallest absolute Gasteiger partial charge is 0.123 e. The van der Waals surface area contributed by atoms with Gasteiger partial charge in [0.25, 0.3) is 0 Å². The van der Waals surface area contributed by atoms with Gasteiger partial charge in [0.1, 0.15) is 5.75 Å². The van der Waals surface area contributed by atoms with Crippen molar-refractivity contribution in [2.45, 2.75) is 0 Å². The summed E-state index contributed by atoms with van der Waals surface area (Å²) in [6.07, 6.45) is 0. The van der Waals surface area contributed by atoms with E-state index in [9.17, 15) is 5.11 Å². The van der Waals surface area contributed by atoms with Crippen molar-refractivity contribution < 1.29 is 5.11 Å². The molecular weight excluding hydrogens is 307 g/mol. The average molecular weight is 325 g/mol. The van der Waals surface area contributed by atoms with Gasteiger partial charge >= 0.3 is 0 Å². The van der Waals surface area contributed by atoms with Crippen LogP contribution in [0.4, 0.5) is 5.69 Å². The van der Waals surface area contributed by atoms with Gasteiger partial charge in [0, 0.05) is 43.0 Å². The van der Waals surface area contributed by atoms with Crippen molar-refractivity contribution in [3.63, 3.8) is 0 Å². The minimum Gasteiger partial charge on any atom is -0.507 e. The Labute approximate surface area is 136 Å². The Bertz CT molecular complexity index is 613. The van der Waals surface area contributed by atoms with Crippen LogP contribution >= 0.6 is 24.0 Å². The number of rotatable bonds is 2. The normalized spacial score (nSPS) is 14.6. The van der Waals surface area contributed by atoms with Crippen LogP contribution in [0.2, 0.25) is 5.02 Å². The van der Waals surface area contributed by atoms with Gasteiger partial charge < -0.3 is 15.3 Å². The van der Waals surface area contributed by atoms with Crippen molar-refractivity contribution in [3.8, 4) is 16.9 Å². The maximum Gasteiger partial charge on any atom is 0.123 e. The van der Waals surface area contributed by atoms with E-state index in [1.807, 2.05) is 30.3 Å². The number of benzene rings is 2. The maximum atomic E-state index is 10.1. The second-order valence-corrected chi connectivity index (χ2v) is 5.30. The van der Waals surface area contributed by atoms with Crippen LogP contribution in [0.5, 0.6) is 5.75 Å². The third-order valence-electron chi connectivity index (χ3n) is 3.62. The van der Waals surface area contributed by atoms with Crippen molar-refractivity contribution >= 4 is 29.7 Å².